The van der Waals surface area contributed by atoms with Crippen LogP contribution in [-0.2, 0) is 0 Å². The summed E-state index contributed by atoms with van der Waals surface area (Å²) in [5, 5.41) is 0. The van der Waals surface area contributed by atoms with Gasteiger partial charge in [-0.3, -0.25) is 0 Å². The van der Waals surface area contributed by atoms with Gasteiger partial charge in [-0.1, -0.05) is 19.4 Å². The molecule has 1 unspecified atom stereocenters. The Balaban J connectivity index is 2.61. The molecule has 0 aliphatic rings. The minimum absolute atomic E-state index is 0.509. The van der Waals surface area contributed by atoms with Crippen molar-refractivity contribution in [2.24, 2.45) is 5.92 Å². The maximum Gasteiger partial charge on any atom is 0.161 e. The molecule has 0 aromatic heterocycles. The molecule has 0 spiro atoms. The molecule has 0 fully saturated rings. The third kappa shape index (κ3) is 4.50. The Morgan fingerprint density at radius 1 is 1.29 bits per heavy atom. The number of benzene rings is 1. The smallest absolute Gasteiger partial charge is 0.161 e. The zero-order valence-corrected chi connectivity index (χ0v) is 11.8. The lowest BCUT2D eigenvalue weighted by atomic mass is 10.1. The normalized spacial score (nSPS) is 12.2. The third-order valence-electron chi connectivity index (χ3n) is 2.75. The maximum absolute atomic E-state index is 5.81. The monoisotopic (exact) mass is 254 g/mol. The van der Waals surface area contributed by atoms with Crippen LogP contribution in [0.3, 0.4) is 0 Å². The van der Waals surface area contributed by atoms with Crippen LogP contribution in [-0.4, -0.2) is 19.5 Å². The van der Waals surface area contributed by atoms with Crippen LogP contribution in [0.1, 0.15) is 25.3 Å². The first-order chi connectivity index (χ1) is 8.21. The van der Waals surface area contributed by atoms with Gasteiger partial charge in [0.1, 0.15) is 0 Å². The second-order valence-electron chi connectivity index (χ2n) is 4.30. The van der Waals surface area contributed by atoms with Crippen LogP contribution >= 0.6 is 12.6 Å². The molecule has 17 heavy (non-hydrogen) atoms. The molecule has 0 heterocycles. The number of ether oxygens (including phenoxy) is 2. The molecule has 0 radical (unpaired) electrons. The van der Waals surface area contributed by atoms with Gasteiger partial charge in [0.2, 0.25) is 0 Å². The molecule has 2 nitrogen and oxygen atoms in total. The highest BCUT2D eigenvalue weighted by Crippen LogP contribution is 2.28. The van der Waals surface area contributed by atoms with Gasteiger partial charge < -0.3 is 9.47 Å². The van der Waals surface area contributed by atoms with Gasteiger partial charge in [0.15, 0.2) is 11.5 Å². The van der Waals surface area contributed by atoms with Crippen molar-refractivity contribution in [2.75, 3.05) is 19.5 Å². The minimum Gasteiger partial charge on any atom is -0.493 e. The second kappa shape index (κ2) is 7.49. The number of methoxy groups -OCH3 is 1. The van der Waals surface area contributed by atoms with Crippen LogP contribution in [0.5, 0.6) is 11.5 Å². The Morgan fingerprint density at radius 2 is 2.06 bits per heavy atom. The highest BCUT2D eigenvalue weighted by atomic mass is 32.1. The van der Waals surface area contributed by atoms with Crippen molar-refractivity contribution in [1.82, 2.24) is 0 Å². The predicted molar refractivity (Wildman–Crippen MR) is 75.5 cm³/mol. The fourth-order valence-electron chi connectivity index (χ4n) is 1.74. The number of hydrogen-bond acceptors (Lipinski definition) is 3. The first-order valence-corrected chi connectivity index (χ1v) is 6.72. The van der Waals surface area contributed by atoms with E-state index < -0.39 is 0 Å². The van der Waals surface area contributed by atoms with E-state index in [0.29, 0.717) is 12.5 Å². The summed E-state index contributed by atoms with van der Waals surface area (Å²) in [7, 11) is 1.67. The van der Waals surface area contributed by atoms with Crippen LogP contribution in [0.25, 0.3) is 0 Å². The van der Waals surface area contributed by atoms with Crippen molar-refractivity contribution < 1.29 is 9.47 Å². The summed E-state index contributed by atoms with van der Waals surface area (Å²) < 4.78 is 11.1. The quantitative estimate of drug-likeness (QED) is 0.747. The van der Waals surface area contributed by atoms with Gasteiger partial charge in [0, 0.05) is 5.92 Å². The largest absolute Gasteiger partial charge is 0.493 e. The summed E-state index contributed by atoms with van der Waals surface area (Å²) in [5.74, 6) is 3.00. The molecule has 0 aliphatic heterocycles. The molecule has 0 N–H and O–H groups in total. The Bertz CT molecular complexity index is 339. The topological polar surface area (TPSA) is 18.5 Å². The van der Waals surface area contributed by atoms with Crippen LogP contribution in [0, 0.1) is 12.8 Å². The molecular formula is C14H22O2S. The number of rotatable bonds is 7. The molecule has 96 valence electrons. The standard InChI is InChI=1S/C14H22O2S/c1-4-5-12(10-17)9-16-13-7-6-11(2)8-14(13)15-3/h6-8,12,17H,4-5,9-10H2,1-3H3. The fourth-order valence-corrected chi connectivity index (χ4v) is 2.03. The lowest BCUT2D eigenvalue weighted by molar-refractivity contribution is 0.243. The number of thiol groups is 1. The lowest BCUT2D eigenvalue weighted by Crippen LogP contribution is -2.13. The zero-order valence-electron chi connectivity index (χ0n) is 10.9. The fraction of sp³-hybridized carbons (Fsp3) is 0.571. The van der Waals surface area contributed by atoms with Gasteiger partial charge in [-0.15, -0.1) is 0 Å². The number of hydrogen-bond donors (Lipinski definition) is 1. The summed E-state index contributed by atoms with van der Waals surface area (Å²) in [6.07, 6.45) is 2.32. The lowest BCUT2D eigenvalue weighted by Gasteiger charge is -2.16. The number of aryl methyl sites for hydroxylation is 1. The summed E-state index contributed by atoms with van der Waals surface area (Å²) in [4.78, 5) is 0. The summed E-state index contributed by atoms with van der Waals surface area (Å²) >= 11 is 4.35. The van der Waals surface area contributed by atoms with Gasteiger partial charge in [0.05, 0.1) is 13.7 Å². The molecule has 0 amide bonds. The molecule has 0 aliphatic carbocycles. The van der Waals surface area contributed by atoms with Gasteiger partial charge in [-0.05, 0) is 36.8 Å². The van der Waals surface area contributed by atoms with Crippen molar-refractivity contribution in [3.8, 4) is 11.5 Å². The molecular weight excluding hydrogens is 232 g/mol. The average Bonchev–Trinajstić information content (AvgIpc) is 2.35. The van der Waals surface area contributed by atoms with E-state index in [1.54, 1.807) is 7.11 Å². The average molecular weight is 254 g/mol. The van der Waals surface area contributed by atoms with Gasteiger partial charge in [-0.2, -0.15) is 12.6 Å². The Hall–Kier alpha value is -0.830. The van der Waals surface area contributed by atoms with Gasteiger partial charge in [-0.25, -0.2) is 0 Å². The molecule has 1 rings (SSSR count). The van der Waals surface area contributed by atoms with Crippen LogP contribution in [0.2, 0.25) is 0 Å². The molecule has 0 saturated heterocycles. The molecule has 0 saturated carbocycles. The first-order valence-electron chi connectivity index (χ1n) is 6.09. The zero-order chi connectivity index (χ0) is 12.7. The summed E-state index contributed by atoms with van der Waals surface area (Å²) in [6, 6.07) is 5.99. The van der Waals surface area contributed by atoms with Crippen molar-refractivity contribution in [2.45, 2.75) is 26.7 Å². The van der Waals surface area contributed by atoms with Gasteiger partial charge in [0.25, 0.3) is 0 Å². The SMILES string of the molecule is CCCC(CS)COc1ccc(C)cc1OC. The van der Waals surface area contributed by atoms with E-state index >= 15 is 0 Å². The maximum atomic E-state index is 5.81. The first kappa shape index (κ1) is 14.2. The molecule has 1 aromatic carbocycles. The van der Waals surface area contributed by atoms with E-state index in [9.17, 15) is 0 Å². The van der Waals surface area contributed by atoms with Crippen molar-refractivity contribution in [3.63, 3.8) is 0 Å². The highest BCUT2D eigenvalue weighted by molar-refractivity contribution is 7.80. The van der Waals surface area contributed by atoms with Gasteiger partial charge >= 0.3 is 0 Å². The Morgan fingerprint density at radius 3 is 2.65 bits per heavy atom. The van der Waals surface area contributed by atoms with Crippen molar-refractivity contribution in [1.29, 1.82) is 0 Å². The van der Waals surface area contributed by atoms with Crippen LogP contribution in [0.15, 0.2) is 18.2 Å². The van der Waals surface area contributed by atoms with E-state index in [2.05, 4.69) is 19.6 Å². The van der Waals surface area contributed by atoms with Crippen molar-refractivity contribution >= 4 is 12.6 Å². The third-order valence-corrected chi connectivity index (χ3v) is 3.27. The van der Waals surface area contributed by atoms with Crippen LogP contribution < -0.4 is 9.47 Å². The molecule has 1 atom stereocenters. The second-order valence-corrected chi connectivity index (χ2v) is 4.67. The van der Waals surface area contributed by atoms with E-state index in [4.69, 9.17) is 9.47 Å². The van der Waals surface area contributed by atoms with E-state index in [0.717, 1.165) is 23.7 Å². The van der Waals surface area contributed by atoms with E-state index in [1.165, 1.54) is 12.0 Å². The Labute approximate surface area is 110 Å². The highest BCUT2D eigenvalue weighted by Gasteiger charge is 2.09. The van der Waals surface area contributed by atoms with E-state index in [1.807, 2.05) is 25.1 Å². The molecule has 1 aromatic rings. The van der Waals surface area contributed by atoms with E-state index in [-0.39, 0.29) is 0 Å². The van der Waals surface area contributed by atoms with Crippen LogP contribution in [0.4, 0.5) is 0 Å². The molecule has 3 heteroatoms. The summed E-state index contributed by atoms with van der Waals surface area (Å²) in [5.41, 5.74) is 1.17. The predicted octanol–water partition coefficient (Wildman–Crippen LogP) is 3.73. The summed E-state index contributed by atoms with van der Waals surface area (Å²) in [6.45, 7) is 4.93. The minimum atomic E-state index is 0.509. The Kier molecular flexibility index (Phi) is 6.27. The molecule has 0 bridgehead atoms. The van der Waals surface area contributed by atoms with Crippen molar-refractivity contribution in [3.05, 3.63) is 23.8 Å².